The predicted octanol–water partition coefficient (Wildman–Crippen LogP) is 19.5. The highest BCUT2D eigenvalue weighted by atomic mass is 15.2. The minimum atomic E-state index is 0.839. The largest absolute Gasteiger partial charge is 0.309 e. The van der Waals surface area contributed by atoms with Crippen LogP contribution in [0.15, 0.2) is 256 Å². The number of aromatic nitrogens is 8. The first kappa shape index (κ1) is 51.8. The van der Waals surface area contributed by atoms with Crippen LogP contribution in [0.1, 0.15) is 22.3 Å². The molecule has 12 heteroatoms. The average molecular weight is 1140 g/mol. The van der Waals surface area contributed by atoms with E-state index in [-0.39, 0.29) is 0 Å². The summed E-state index contributed by atoms with van der Waals surface area (Å²) >= 11 is 0. The fourth-order valence-electron chi connectivity index (χ4n) is 13.0. The van der Waals surface area contributed by atoms with Crippen molar-refractivity contribution in [2.75, 3.05) is 19.6 Å². The Morgan fingerprint density at radius 2 is 0.477 bits per heavy atom. The smallest absolute Gasteiger partial charge is 0.116 e. The molecule has 0 aliphatic carbocycles. The van der Waals surface area contributed by atoms with Crippen molar-refractivity contribution in [3.63, 3.8) is 0 Å². The van der Waals surface area contributed by atoms with E-state index in [2.05, 4.69) is 273 Å². The molecule has 12 aromatic carbocycles. The highest BCUT2D eigenvalue weighted by Crippen LogP contribution is 2.56. The standard InChI is InChI=1S/C76H54N12/c1-47-13-5-9-17-67(47)85(55-25-21-51-39-77-43-81-63(51)33-55)71-37-72(86(68-18-10-6-14-48(68)2)56-26-22-52-40-78-44-82-64(52)34-56)60-31-32-62-74(88(70-20-12-8-16-50(70)4)58-28-24-54-42-80-46-84-66(54)36-58)38-73(61-30-29-59(71)75(60)76(61)62)87(69-19-11-7-15-49(69)3)57-27-23-53-41-79-45-83-65(53)35-57/h5-46H,1-4H3. The quantitative estimate of drug-likeness (QED) is 0.108. The summed E-state index contributed by atoms with van der Waals surface area (Å²) in [7, 11) is 0. The van der Waals surface area contributed by atoms with Crippen LogP contribution < -0.4 is 19.6 Å². The summed E-state index contributed by atoms with van der Waals surface area (Å²) in [5, 5.41) is 10.2. The lowest BCUT2D eigenvalue weighted by Gasteiger charge is -2.35. The summed E-state index contributed by atoms with van der Waals surface area (Å²) in [4.78, 5) is 46.7. The molecule has 0 aliphatic rings. The molecular weight excluding hydrogens is 1080 g/mol. The monoisotopic (exact) mass is 1130 g/mol. The third-order valence-electron chi connectivity index (χ3n) is 17.2. The first-order valence-electron chi connectivity index (χ1n) is 29.3. The second-order valence-corrected chi connectivity index (χ2v) is 22.5. The zero-order valence-electron chi connectivity index (χ0n) is 48.6. The van der Waals surface area contributed by atoms with Crippen LogP contribution in [0.3, 0.4) is 0 Å². The van der Waals surface area contributed by atoms with Crippen LogP contribution in [0, 0.1) is 27.7 Å². The molecule has 4 aromatic heterocycles. The summed E-state index contributed by atoms with van der Waals surface area (Å²) in [6, 6.07) is 74.8. The number of fused-ring (bicyclic) bond motifs is 4. The molecular formula is C76H54N12. The van der Waals surface area contributed by atoms with Gasteiger partial charge in [0.15, 0.2) is 0 Å². The molecule has 88 heavy (non-hydrogen) atoms. The molecule has 0 bridgehead atoms. The fourth-order valence-corrected chi connectivity index (χ4v) is 13.0. The van der Waals surface area contributed by atoms with Crippen LogP contribution in [-0.2, 0) is 0 Å². The van der Waals surface area contributed by atoms with Gasteiger partial charge in [-0.05, 0) is 159 Å². The van der Waals surface area contributed by atoms with E-state index in [0.717, 1.165) is 166 Å². The Morgan fingerprint density at radius 1 is 0.239 bits per heavy atom. The van der Waals surface area contributed by atoms with Crippen molar-refractivity contribution in [2.45, 2.75) is 27.7 Å². The summed E-state index contributed by atoms with van der Waals surface area (Å²) < 4.78 is 0. The molecule has 0 saturated heterocycles. The van der Waals surface area contributed by atoms with Gasteiger partial charge in [-0.3, -0.25) is 0 Å². The molecule has 0 saturated carbocycles. The van der Waals surface area contributed by atoms with Gasteiger partial charge in [-0.2, -0.15) is 0 Å². The maximum atomic E-state index is 4.84. The SMILES string of the molecule is Cc1ccccc1N(c1ccc2cncnc2c1)c1cc(N(c2ccc3cncnc3c2)c2ccccc2C)c2ccc3c(N(c4ccc5cncnc5c4)c4ccccc4C)cc(N(c4ccc5cncnc5c4)c4ccccc4C)c4ccc1c2c43. The number of aryl methyl sites for hydroxylation is 4. The van der Waals surface area contributed by atoms with Crippen LogP contribution in [0.2, 0.25) is 0 Å². The van der Waals surface area contributed by atoms with Crippen molar-refractivity contribution >= 4 is 144 Å². The van der Waals surface area contributed by atoms with Crippen LogP contribution in [0.4, 0.5) is 68.2 Å². The Hall–Kier alpha value is -11.8. The van der Waals surface area contributed by atoms with Crippen LogP contribution >= 0.6 is 0 Å². The van der Waals surface area contributed by atoms with Crippen molar-refractivity contribution in [1.29, 1.82) is 0 Å². The van der Waals surface area contributed by atoms with Crippen LogP contribution in [-0.4, -0.2) is 39.9 Å². The van der Waals surface area contributed by atoms with E-state index >= 15 is 0 Å². The normalized spacial score (nSPS) is 11.6. The predicted molar refractivity (Wildman–Crippen MR) is 360 cm³/mol. The van der Waals surface area contributed by atoms with E-state index in [1.807, 2.05) is 24.8 Å². The highest BCUT2D eigenvalue weighted by Gasteiger charge is 2.31. The van der Waals surface area contributed by atoms with E-state index in [1.165, 1.54) is 0 Å². The van der Waals surface area contributed by atoms with Crippen molar-refractivity contribution in [1.82, 2.24) is 39.9 Å². The van der Waals surface area contributed by atoms with Crippen molar-refractivity contribution in [3.05, 3.63) is 279 Å². The third kappa shape index (κ3) is 8.68. The summed E-state index contributed by atoms with van der Waals surface area (Å²) in [6.07, 6.45) is 14.0. The summed E-state index contributed by atoms with van der Waals surface area (Å²) in [6.45, 7) is 8.76. The van der Waals surface area contributed by atoms with Gasteiger partial charge in [0.1, 0.15) is 25.3 Å². The number of hydrogen-bond donors (Lipinski definition) is 0. The number of hydrogen-bond acceptors (Lipinski definition) is 12. The maximum Gasteiger partial charge on any atom is 0.116 e. The first-order valence-corrected chi connectivity index (χ1v) is 29.3. The number of nitrogens with zero attached hydrogens (tertiary/aromatic N) is 12. The van der Waals surface area contributed by atoms with Crippen LogP contribution in [0.5, 0.6) is 0 Å². The minimum absolute atomic E-state index is 0.839. The fraction of sp³-hybridized carbons (Fsp3) is 0.0526. The zero-order chi connectivity index (χ0) is 59.0. The maximum absolute atomic E-state index is 4.84. The molecule has 0 fully saturated rings. The summed E-state index contributed by atoms with van der Waals surface area (Å²) in [5.74, 6) is 0. The Balaban J connectivity index is 1.11. The molecule has 16 aromatic rings. The Kier molecular flexibility index (Phi) is 12.4. The van der Waals surface area contributed by atoms with Crippen LogP contribution in [0.25, 0.3) is 75.9 Å². The molecule has 16 rings (SSSR count). The second-order valence-electron chi connectivity index (χ2n) is 22.5. The lowest BCUT2D eigenvalue weighted by atomic mass is 9.88. The van der Waals surface area contributed by atoms with Gasteiger partial charge in [0.2, 0.25) is 0 Å². The third-order valence-corrected chi connectivity index (χ3v) is 17.2. The molecule has 0 aliphatic heterocycles. The number of para-hydroxylation sites is 4. The lowest BCUT2D eigenvalue weighted by molar-refractivity contribution is 1.21. The van der Waals surface area contributed by atoms with Gasteiger partial charge in [0, 0.05) is 124 Å². The molecule has 418 valence electrons. The number of rotatable bonds is 12. The molecule has 0 radical (unpaired) electrons. The van der Waals surface area contributed by atoms with Gasteiger partial charge in [-0.15, -0.1) is 0 Å². The molecule has 0 N–H and O–H groups in total. The molecule has 4 heterocycles. The Labute approximate surface area is 507 Å². The summed E-state index contributed by atoms with van der Waals surface area (Å²) in [5.41, 5.74) is 19.6. The van der Waals surface area contributed by atoms with Gasteiger partial charge in [0.05, 0.1) is 44.8 Å². The topological polar surface area (TPSA) is 116 Å². The van der Waals surface area contributed by atoms with E-state index in [0.29, 0.717) is 0 Å². The minimum Gasteiger partial charge on any atom is -0.309 e. The van der Waals surface area contributed by atoms with Gasteiger partial charge in [0.25, 0.3) is 0 Å². The average Bonchev–Trinajstić information content (AvgIpc) is 0.747. The van der Waals surface area contributed by atoms with Gasteiger partial charge >= 0.3 is 0 Å². The van der Waals surface area contributed by atoms with E-state index in [4.69, 9.17) is 19.9 Å². The van der Waals surface area contributed by atoms with E-state index in [1.54, 1.807) is 25.3 Å². The van der Waals surface area contributed by atoms with Crippen molar-refractivity contribution < 1.29 is 0 Å². The first-order chi connectivity index (χ1) is 43.3. The number of benzene rings is 12. The highest BCUT2D eigenvalue weighted by molar-refractivity contribution is 6.33. The second kappa shape index (κ2) is 21.1. The Bertz CT molecular complexity index is 4760. The zero-order valence-corrected chi connectivity index (χ0v) is 48.6. The Morgan fingerprint density at radius 3 is 0.716 bits per heavy atom. The lowest BCUT2D eigenvalue weighted by Crippen LogP contribution is -2.17. The van der Waals surface area contributed by atoms with Gasteiger partial charge in [-0.1, -0.05) is 97.1 Å². The van der Waals surface area contributed by atoms with Gasteiger partial charge < -0.3 is 19.6 Å². The number of anilines is 12. The molecule has 0 unspecified atom stereocenters. The molecule has 0 amide bonds. The van der Waals surface area contributed by atoms with Crippen molar-refractivity contribution in [3.8, 4) is 0 Å². The molecule has 0 atom stereocenters. The van der Waals surface area contributed by atoms with E-state index < -0.39 is 0 Å². The van der Waals surface area contributed by atoms with E-state index in [9.17, 15) is 0 Å². The van der Waals surface area contributed by atoms with Crippen molar-refractivity contribution in [2.24, 2.45) is 0 Å². The van der Waals surface area contributed by atoms with Gasteiger partial charge in [-0.25, -0.2) is 39.9 Å². The molecule has 0 spiro atoms. The molecule has 12 nitrogen and oxygen atoms in total.